The van der Waals surface area contributed by atoms with Crippen molar-refractivity contribution in [2.75, 3.05) is 10.6 Å². The first-order chi connectivity index (χ1) is 10.1. The number of carbonyl (C=O) groups excluding carboxylic acids is 3. The quantitative estimate of drug-likeness (QED) is 0.722. The Balaban J connectivity index is 1.97. The van der Waals surface area contributed by atoms with E-state index in [1.807, 2.05) is 0 Å². The highest BCUT2D eigenvalue weighted by Crippen LogP contribution is 2.09. The minimum absolute atomic E-state index is 0.279. The molecule has 2 aromatic rings. The van der Waals surface area contributed by atoms with Gasteiger partial charge in [0, 0.05) is 17.4 Å². The van der Waals surface area contributed by atoms with E-state index in [-0.39, 0.29) is 5.82 Å². The van der Waals surface area contributed by atoms with E-state index in [4.69, 9.17) is 5.73 Å². The van der Waals surface area contributed by atoms with Gasteiger partial charge in [0.15, 0.2) is 0 Å². The number of hydrogen-bond donors (Lipinski definition) is 3. The lowest BCUT2D eigenvalue weighted by Gasteiger charge is -2.06. The average molecular weight is 284 g/mol. The fourth-order valence-electron chi connectivity index (χ4n) is 1.52. The van der Waals surface area contributed by atoms with E-state index in [9.17, 15) is 14.4 Å². The van der Waals surface area contributed by atoms with Crippen LogP contribution in [0, 0.1) is 0 Å². The van der Waals surface area contributed by atoms with Crippen molar-refractivity contribution < 1.29 is 14.4 Å². The zero-order valence-corrected chi connectivity index (χ0v) is 10.9. The second-order valence-electron chi connectivity index (χ2n) is 4.06. The summed E-state index contributed by atoms with van der Waals surface area (Å²) in [5.41, 5.74) is 5.79. The molecular weight excluding hydrogens is 272 g/mol. The highest BCUT2D eigenvalue weighted by Gasteiger charge is 2.14. The van der Waals surface area contributed by atoms with Crippen molar-refractivity contribution in [3.63, 3.8) is 0 Å². The number of nitrogens with one attached hydrogen (secondary N) is 2. The average Bonchev–Trinajstić information content (AvgIpc) is 2.48. The van der Waals surface area contributed by atoms with E-state index in [1.165, 1.54) is 30.5 Å². The lowest BCUT2D eigenvalue weighted by atomic mass is 10.2. The smallest absolute Gasteiger partial charge is 0.315 e. The number of anilines is 2. The van der Waals surface area contributed by atoms with Gasteiger partial charge in [-0.25, -0.2) is 4.98 Å². The second-order valence-corrected chi connectivity index (χ2v) is 4.06. The lowest BCUT2D eigenvalue weighted by Crippen LogP contribution is -2.29. The molecule has 0 spiro atoms. The van der Waals surface area contributed by atoms with Gasteiger partial charge in [0.05, 0.1) is 0 Å². The number of nitrogens with zero attached hydrogens (tertiary/aromatic N) is 1. The predicted molar refractivity (Wildman–Crippen MR) is 76.5 cm³/mol. The molecule has 106 valence electrons. The topological polar surface area (TPSA) is 114 Å². The number of benzene rings is 1. The van der Waals surface area contributed by atoms with E-state index in [0.29, 0.717) is 11.3 Å². The molecule has 0 radical (unpaired) electrons. The van der Waals surface area contributed by atoms with E-state index < -0.39 is 17.7 Å². The molecule has 4 N–H and O–H groups in total. The Morgan fingerprint density at radius 1 is 0.905 bits per heavy atom. The fourth-order valence-corrected chi connectivity index (χ4v) is 1.52. The van der Waals surface area contributed by atoms with E-state index >= 15 is 0 Å². The highest BCUT2D eigenvalue weighted by molar-refractivity contribution is 6.43. The number of primary amides is 1. The van der Waals surface area contributed by atoms with Crippen molar-refractivity contribution in [1.29, 1.82) is 0 Å². The van der Waals surface area contributed by atoms with Crippen LogP contribution in [-0.4, -0.2) is 22.7 Å². The molecule has 0 unspecified atom stereocenters. The molecule has 0 saturated heterocycles. The Morgan fingerprint density at radius 2 is 1.57 bits per heavy atom. The largest absolute Gasteiger partial charge is 0.366 e. The summed E-state index contributed by atoms with van der Waals surface area (Å²) in [6, 6.07) is 10.8. The van der Waals surface area contributed by atoms with Crippen LogP contribution < -0.4 is 16.4 Å². The third kappa shape index (κ3) is 3.87. The van der Waals surface area contributed by atoms with Gasteiger partial charge < -0.3 is 16.4 Å². The second kappa shape index (κ2) is 6.29. The Hall–Kier alpha value is -3.22. The predicted octanol–water partition coefficient (Wildman–Crippen LogP) is 0.758. The summed E-state index contributed by atoms with van der Waals surface area (Å²) in [6.45, 7) is 0. The van der Waals surface area contributed by atoms with Crippen LogP contribution in [0.3, 0.4) is 0 Å². The molecule has 7 heteroatoms. The summed E-state index contributed by atoms with van der Waals surface area (Å²) in [5.74, 6) is -1.97. The monoisotopic (exact) mass is 284 g/mol. The van der Waals surface area contributed by atoms with Crippen LogP contribution in [0.5, 0.6) is 0 Å². The van der Waals surface area contributed by atoms with Gasteiger partial charge in [0.25, 0.3) is 0 Å². The molecule has 0 bridgehead atoms. The lowest BCUT2D eigenvalue weighted by molar-refractivity contribution is -0.133. The number of pyridine rings is 1. The van der Waals surface area contributed by atoms with Crippen LogP contribution in [0.15, 0.2) is 48.7 Å². The Labute approximate surface area is 120 Å². The van der Waals surface area contributed by atoms with Crippen molar-refractivity contribution >= 4 is 29.2 Å². The fraction of sp³-hybridized carbons (Fsp3) is 0. The summed E-state index contributed by atoms with van der Waals surface area (Å²) in [7, 11) is 0. The number of nitrogens with two attached hydrogens (primary N) is 1. The van der Waals surface area contributed by atoms with Crippen LogP contribution in [0.4, 0.5) is 11.5 Å². The van der Waals surface area contributed by atoms with E-state index in [1.54, 1.807) is 18.2 Å². The number of carbonyl (C=O) groups is 3. The third-order valence-electron chi connectivity index (χ3n) is 2.54. The summed E-state index contributed by atoms with van der Waals surface area (Å²) in [5, 5.41) is 4.75. The first kappa shape index (κ1) is 14.2. The van der Waals surface area contributed by atoms with Crippen molar-refractivity contribution in [2.45, 2.75) is 0 Å². The molecule has 21 heavy (non-hydrogen) atoms. The molecule has 3 amide bonds. The molecule has 0 saturated carbocycles. The van der Waals surface area contributed by atoms with Crippen LogP contribution in [-0.2, 0) is 9.59 Å². The maximum absolute atomic E-state index is 11.7. The molecule has 1 heterocycles. The molecule has 7 nitrogen and oxygen atoms in total. The van der Waals surface area contributed by atoms with Crippen molar-refractivity contribution in [3.8, 4) is 0 Å². The molecular formula is C14H12N4O3. The molecule has 2 rings (SSSR count). The van der Waals surface area contributed by atoms with Crippen LogP contribution in [0.2, 0.25) is 0 Å². The summed E-state index contributed by atoms with van der Waals surface area (Å²) < 4.78 is 0. The zero-order valence-electron chi connectivity index (χ0n) is 10.9. The third-order valence-corrected chi connectivity index (χ3v) is 2.54. The normalized spacial score (nSPS) is 9.71. The number of aromatic nitrogens is 1. The Morgan fingerprint density at radius 3 is 2.14 bits per heavy atom. The van der Waals surface area contributed by atoms with Gasteiger partial charge in [-0.2, -0.15) is 0 Å². The van der Waals surface area contributed by atoms with E-state index in [0.717, 1.165) is 0 Å². The number of rotatable bonds is 3. The van der Waals surface area contributed by atoms with Crippen LogP contribution in [0.1, 0.15) is 10.4 Å². The molecule has 1 aromatic carbocycles. The SMILES string of the molecule is NC(=O)c1ccc(NC(=O)C(=O)Nc2ccccn2)cc1. The van der Waals surface area contributed by atoms with Gasteiger partial charge in [-0.05, 0) is 36.4 Å². The van der Waals surface area contributed by atoms with Gasteiger partial charge in [-0.1, -0.05) is 6.07 Å². The summed E-state index contributed by atoms with van der Waals surface area (Å²) in [6.07, 6.45) is 1.50. The minimum atomic E-state index is -0.840. The van der Waals surface area contributed by atoms with Crippen molar-refractivity contribution in [2.24, 2.45) is 5.73 Å². The van der Waals surface area contributed by atoms with Gasteiger partial charge >= 0.3 is 11.8 Å². The van der Waals surface area contributed by atoms with Crippen molar-refractivity contribution in [3.05, 3.63) is 54.2 Å². The van der Waals surface area contributed by atoms with Crippen molar-refractivity contribution in [1.82, 2.24) is 4.98 Å². The summed E-state index contributed by atoms with van der Waals surface area (Å²) >= 11 is 0. The Bertz CT molecular complexity index is 668. The number of hydrogen-bond acceptors (Lipinski definition) is 4. The molecule has 0 aliphatic rings. The van der Waals surface area contributed by atoms with Gasteiger partial charge in [-0.15, -0.1) is 0 Å². The first-order valence-electron chi connectivity index (χ1n) is 5.99. The Kier molecular flexibility index (Phi) is 4.25. The standard InChI is InChI=1S/C14H12N4O3/c15-12(19)9-4-6-10(7-5-9)17-13(20)14(21)18-11-3-1-2-8-16-11/h1-8H,(H2,15,19)(H,17,20)(H,16,18,21). The highest BCUT2D eigenvalue weighted by atomic mass is 16.2. The first-order valence-corrected chi connectivity index (χ1v) is 5.99. The van der Waals surface area contributed by atoms with Gasteiger partial charge in [0.1, 0.15) is 5.82 Å². The minimum Gasteiger partial charge on any atom is -0.366 e. The van der Waals surface area contributed by atoms with Crippen LogP contribution in [0.25, 0.3) is 0 Å². The zero-order chi connectivity index (χ0) is 15.2. The maximum Gasteiger partial charge on any atom is 0.315 e. The molecule has 0 fully saturated rings. The van der Waals surface area contributed by atoms with Gasteiger partial charge in [-0.3, -0.25) is 14.4 Å². The molecule has 0 aliphatic carbocycles. The molecule has 0 aliphatic heterocycles. The summed E-state index contributed by atoms with van der Waals surface area (Å²) in [4.78, 5) is 38.1. The van der Waals surface area contributed by atoms with Gasteiger partial charge in [0.2, 0.25) is 5.91 Å². The molecule has 0 atom stereocenters. The molecule has 1 aromatic heterocycles. The van der Waals surface area contributed by atoms with E-state index in [2.05, 4.69) is 15.6 Å². The number of amides is 3. The van der Waals surface area contributed by atoms with Crippen LogP contribution >= 0.6 is 0 Å². The maximum atomic E-state index is 11.7.